The maximum Gasteiger partial charge on any atom is 0.413 e. The fraction of sp³-hybridized carbons (Fsp3) is 0.286. The second-order valence-corrected chi connectivity index (χ2v) is 7.35. The molecule has 0 bridgehead atoms. The predicted octanol–water partition coefficient (Wildman–Crippen LogP) is 3.00. The van der Waals surface area contributed by atoms with E-state index < -0.39 is 18.0 Å². The fourth-order valence-corrected chi connectivity index (χ4v) is 3.70. The zero-order chi connectivity index (χ0) is 22.3. The van der Waals surface area contributed by atoms with E-state index in [0.717, 1.165) is 10.5 Å². The molecular weight excluding hydrogens is 405 g/mol. The van der Waals surface area contributed by atoms with Gasteiger partial charge in [-0.1, -0.05) is 0 Å². The third kappa shape index (κ3) is 3.44. The maximum absolute atomic E-state index is 15.2. The second-order valence-electron chi connectivity index (χ2n) is 7.35. The summed E-state index contributed by atoms with van der Waals surface area (Å²) in [7, 11) is 0. The zero-order valence-electron chi connectivity index (χ0n) is 17.0. The molecule has 1 aromatic carbocycles. The Bertz CT molecular complexity index is 1190. The Morgan fingerprint density at radius 2 is 2.13 bits per heavy atom. The summed E-state index contributed by atoms with van der Waals surface area (Å²) in [6.45, 7) is 4.13. The Labute approximate surface area is 177 Å². The Morgan fingerprint density at radius 3 is 2.84 bits per heavy atom. The van der Waals surface area contributed by atoms with E-state index in [4.69, 9.17) is 10.5 Å². The molecular formula is C21H22FN5O4. The molecule has 31 heavy (non-hydrogen) atoms. The lowest BCUT2D eigenvalue weighted by atomic mass is 9.97. The molecule has 1 aliphatic heterocycles. The van der Waals surface area contributed by atoms with Crippen LogP contribution in [0.5, 0.6) is 5.88 Å². The summed E-state index contributed by atoms with van der Waals surface area (Å²) >= 11 is 0. The van der Waals surface area contributed by atoms with Crippen molar-refractivity contribution < 1.29 is 24.1 Å². The van der Waals surface area contributed by atoms with Gasteiger partial charge in [0.2, 0.25) is 5.88 Å². The molecule has 0 saturated carbocycles. The zero-order valence-corrected chi connectivity index (χ0v) is 17.0. The number of aromatic nitrogens is 2. The van der Waals surface area contributed by atoms with Crippen LogP contribution in [0.15, 0.2) is 24.5 Å². The highest BCUT2D eigenvalue weighted by Gasteiger charge is 2.24. The lowest BCUT2D eigenvalue weighted by molar-refractivity contribution is 0.192. The molecule has 162 valence electrons. The third-order valence-corrected chi connectivity index (χ3v) is 5.38. The highest BCUT2D eigenvalue weighted by atomic mass is 19.1. The van der Waals surface area contributed by atoms with Gasteiger partial charge in [0.25, 0.3) is 0 Å². The molecule has 0 fully saturated rings. The topological polar surface area (TPSA) is 134 Å². The number of nitrogens with two attached hydrogens (primary N) is 1. The molecule has 0 radical (unpaired) electrons. The Balaban J connectivity index is 1.90. The number of benzene rings is 1. The first-order chi connectivity index (χ1) is 14.8. The van der Waals surface area contributed by atoms with Crippen molar-refractivity contribution in [3.63, 3.8) is 0 Å². The molecule has 9 nitrogen and oxygen atoms in total. The van der Waals surface area contributed by atoms with Crippen molar-refractivity contribution in [2.24, 2.45) is 0 Å². The summed E-state index contributed by atoms with van der Waals surface area (Å²) in [6, 6.07) is 2.39. The van der Waals surface area contributed by atoms with E-state index in [1.54, 1.807) is 13.0 Å². The van der Waals surface area contributed by atoms with Crippen molar-refractivity contribution in [1.29, 1.82) is 0 Å². The van der Waals surface area contributed by atoms with E-state index in [1.165, 1.54) is 18.5 Å². The van der Waals surface area contributed by atoms with E-state index in [9.17, 15) is 15.0 Å². The third-order valence-electron chi connectivity index (χ3n) is 5.38. The number of ether oxygens (including phenoxy) is 1. The van der Waals surface area contributed by atoms with Crippen molar-refractivity contribution in [3.05, 3.63) is 35.9 Å². The molecule has 1 aliphatic rings. The molecule has 10 heteroatoms. The molecule has 1 amide bonds. The maximum atomic E-state index is 15.2. The standard InChI is InChI=1S/C21H22FN5O4/c1-10(9-28)27(21(29)30)16-6-12-5-13(17(22)18(23)15(12)8-25-16)14-7-26-20-19(11(14)2)24-3-4-31-20/h5-8,10,24,28H,3-4,9,23H2,1-2H3,(H,29,30)/t10-/m0/s1. The quantitative estimate of drug-likeness (QED) is 0.467. The number of hydrogen-bond donors (Lipinski definition) is 4. The SMILES string of the molecule is Cc1c(-c2cc3cc(N(C(=O)O)[C@@H](C)CO)ncc3c(N)c2F)cnc2c1NCCO2. The van der Waals surface area contributed by atoms with Gasteiger partial charge in [-0.25, -0.2) is 19.2 Å². The Morgan fingerprint density at radius 1 is 1.35 bits per heavy atom. The first kappa shape index (κ1) is 20.6. The number of pyridine rings is 2. The van der Waals surface area contributed by atoms with Crippen LogP contribution in [-0.4, -0.2) is 52.1 Å². The highest BCUT2D eigenvalue weighted by molar-refractivity contribution is 5.99. The number of anilines is 3. The van der Waals surface area contributed by atoms with Crippen molar-refractivity contribution in [1.82, 2.24) is 9.97 Å². The van der Waals surface area contributed by atoms with Gasteiger partial charge in [0.1, 0.15) is 18.1 Å². The first-order valence-electron chi connectivity index (χ1n) is 9.70. The molecule has 2 aromatic heterocycles. The minimum absolute atomic E-state index is 0.0926. The van der Waals surface area contributed by atoms with Crippen LogP contribution in [0.1, 0.15) is 12.5 Å². The van der Waals surface area contributed by atoms with Gasteiger partial charge in [-0.2, -0.15) is 0 Å². The van der Waals surface area contributed by atoms with Gasteiger partial charge in [0.05, 0.1) is 18.3 Å². The average molecular weight is 427 g/mol. The molecule has 0 aliphatic carbocycles. The number of aliphatic hydroxyl groups is 1. The van der Waals surface area contributed by atoms with Crippen LogP contribution >= 0.6 is 0 Å². The number of hydrogen-bond acceptors (Lipinski definition) is 7. The summed E-state index contributed by atoms with van der Waals surface area (Å²) in [5, 5.41) is 23.0. The highest BCUT2D eigenvalue weighted by Crippen LogP contribution is 2.39. The number of halogens is 1. The predicted molar refractivity (Wildman–Crippen MR) is 115 cm³/mol. The molecule has 3 aromatic rings. The number of nitrogens with zero attached hydrogens (tertiary/aromatic N) is 3. The summed E-state index contributed by atoms with van der Waals surface area (Å²) < 4.78 is 20.8. The van der Waals surface area contributed by atoms with Crippen molar-refractivity contribution in [2.45, 2.75) is 19.9 Å². The van der Waals surface area contributed by atoms with E-state index in [-0.39, 0.29) is 23.7 Å². The normalized spacial score (nSPS) is 13.8. The largest absolute Gasteiger partial charge is 0.474 e. The number of carbonyl (C=O) groups is 1. The van der Waals surface area contributed by atoms with Gasteiger partial charge in [0, 0.05) is 35.5 Å². The fourth-order valence-electron chi connectivity index (χ4n) is 3.70. The van der Waals surface area contributed by atoms with Gasteiger partial charge >= 0.3 is 6.09 Å². The van der Waals surface area contributed by atoms with E-state index >= 15 is 4.39 Å². The lowest BCUT2D eigenvalue weighted by Gasteiger charge is -2.24. The number of carboxylic acid groups (broad SMARTS) is 1. The molecule has 5 N–H and O–H groups in total. The average Bonchev–Trinajstić information content (AvgIpc) is 2.76. The van der Waals surface area contributed by atoms with E-state index in [2.05, 4.69) is 15.3 Å². The molecule has 0 saturated heterocycles. The van der Waals surface area contributed by atoms with Gasteiger partial charge in [0.15, 0.2) is 5.82 Å². The lowest BCUT2D eigenvalue weighted by Crippen LogP contribution is -2.40. The molecule has 3 heterocycles. The number of amides is 1. The summed E-state index contributed by atoms with van der Waals surface area (Å²) in [4.78, 5) is 21.1. The van der Waals surface area contributed by atoms with Crippen LogP contribution in [0.3, 0.4) is 0 Å². The van der Waals surface area contributed by atoms with Crippen LogP contribution in [0, 0.1) is 12.7 Å². The Hall–Kier alpha value is -3.66. The summed E-state index contributed by atoms with van der Waals surface area (Å²) in [5.74, 6) is -0.0421. The first-order valence-corrected chi connectivity index (χ1v) is 9.70. The number of fused-ring (bicyclic) bond motifs is 2. The smallest absolute Gasteiger partial charge is 0.413 e. The van der Waals surface area contributed by atoms with Gasteiger partial charge < -0.3 is 26.0 Å². The molecule has 1 atom stereocenters. The number of nitrogens with one attached hydrogen (secondary N) is 1. The van der Waals surface area contributed by atoms with Crippen LogP contribution in [0.2, 0.25) is 0 Å². The second kappa shape index (κ2) is 7.88. The number of nitrogen functional groups attached to an aromatic ring is 1. The molecule has 0 unspecified atom stereocenters. The molecule has 0 spiro atoms. The summed E-state index contributed by atoms with van der Waals surface area (Å²) in [6.07, 6.45) is 1.61. The van der Waals surface area contributed by atoms with Crippen LogP contribution in [-0.2, 0) is 0 Å². The van der Waals surface area contributed by atoms with Crippen molar-refractivity contribution >= 4 is 34.1 Å². The van der Waals surface area contributed by atoms with Crippen LogP contribution in [0.4, 0.5) is 26.4 Å². The molecule has 4 rings (SSSR count). The number of rotatable bonds is 4. The minimum atomic E-state index is -1.26. The Kier molecular flexibility index (Phi) is 5.24. The van der Waals surface area contributed by atoms with E-state index in [1.807, 2.05) is 6.92 Å². The van der Waals surface area contributed by atoms with E-state index in [0.29, 0.717) is 41.1 Å². The summed E-state index contributed by atoms with van der Waals surface area (Å²) in [5.41, 5.74) is 8.22. The van der Waals surface area contributed by atoms with Gasteiger partial charge in [-0.05, 0) is 36.9 Å². The van der Waals surface area contributed by atoms with Gasteiger partial charge in [-0.3, -0.25) is 4.90 Å². The van der Waals surface area contributed by atoms with Crippen molar-refractivity contribution in [2.75, 3.05) is 35.7 Å². The van der Waals surface area contributed by atoms with Crippen LogP contribution < -0.4 is 20.7 Å². The minimum Gasteiger partial charge on any atom is -0.474 e. The van der Waals surface area contributed by atoms with Crippen molar-refractivity contribution in [3.8, 4) is 17.0 Å². The number of aliphatic hydroxyl groups excluding tert-OH is 1. The van der Waals surface area contributed by atoms with Crippen LogP contribution in [0.25, 0.3) is 21.9 Å². The monoisotopic (exact) mass is 427 g/mol. The van der Waals surface area contributed by atoms with Gasteiger partial charge in [-0.15, -0.1) is 0 Å².